The fourth-order valence-electron chi connectivity index (χ4n) is 3.80. The van der Waals surface area contributed by atoms with Gasteiger partial charge in [-0.3, -0.25) is 0 Å². The molecule has 0 bridgehead atoms. The van der Waals surface area contributed by atoms with Crippen LogP contribution in [0.2, 0.25) is 0 Å². The van der Waals surface area contributed by atoms with E-state index in [0.29, 0.717) is 11.5 Å². The van der Waals surface area contributed by atoms with Gasteiger partial charge in [0.1, 0.15) is 5.75 Å². The number of benzene rings is 1. The van der Waals surface area contributed by atoms with Gasteiger partial charge in [-0.25, -0.2) is 0 Å². The van der Waals surface area contributed by atoms with Crippen LogP contribution in [0.4, 0.5) is 0 Å². The van der Waals surface area contributed by atoms with Crippen LogP contribution in [0.1, 0.15) is 52.0 Å². The van der Waals surface area contributed by atoms with Crippen LogP contribution in [0, 0.1) is 11.3 Å². The van der Waals surface area contributed by atoms with Crippen LogP contribution < -0.4 is 10.1 Å². The summed E-state index contributed by atoms with van der Waals surface area (Å²) in [6, 6.07) is 9.16. The Balaban J connectivity index is 2.08. The van der Waals surface area contributed by atoms with Crippen molar-refractivity contribution in [3.05, 3.63) is 29.8 Å². The van der Waals surface area contributed by atoms with Gasteiger partial charge in [0.25, 0.3) is 0 Å². The number of hydrogen-bond donors (Lipinski definition) is 1. The molecule has 2 nitrogen and oxygen atoms in total. The first kappa shape index (κ1) is 16.4. The van der Waals surface area contributed by atoms with Crippen LogP contribution in [0.25, 0.3) is 0 Å². The Bertz CT molecular complexity index is 424. The van der Waals surface area contributed by atoms with Gasteiger partial charge in [0, 0.05) is 6.04 Å². The highest BCUT2D eigenvalue weighted by Gasteiger charge is 2.39. The quantitative estimate of drug-likeness (QED) is 0.801. The van der Waals surface area contributed by atoms with Crippen molar-refractivity contribution in [2.45, 2.75) is 58.9 Å². The highest BCUT2D eigenvalue weighted by molar-refractivity contribution is 5.27. The monoisotopic (exact) mass is 289 g/mol. The Labute approximate surface area is 130 Å². The lowest BCUT2D eigenvalue weighted by molar-refractivity contribution is 0.195. The molecule has 0 spiro atoms. The zero-order chi connectivity index (χ0) is 15.3. The molecule has 1 saturated carbocycles. The van der Waals surface area contributed by atoms with E-state index in [0.717, 1.165) is 24.6 Å². The van der Waals surface area contributed by atoms with Gasteiger partial charge in [-0.1, -0.05) is 39.3 Å². The largest absolute Gasteiger partial charge is 0.497 e. The SMILES string of the molecule is CCCNC(Cc1ccc(OC)cc1)C1CCCC1(C)C. The maximum absolute atomic E-state index is 5.26. The summed E-state index contributed by atoms with van der Waals surface area (Å²) in [5.74, 6) is 1.73. The molecule has 118 valence electrons. The van der Waals surface area contributed by atoms with Crippen molar-refractivity contribution in [3.63, 3.8) is 0 Å². The van der Waals surface area contributed by atoms with Gasteiger partial charge in [-0.05, 0) is 61.3 Å². The molecule has 0 aliphatic heterocycles. The molecule has 2 atom stereocenters. The molecule has 0 amide bonds. The minimum absolute atomic E-state index is 0.470. The van der Waals surface area contributed by atoms with E-state index in [1.807, 2.05) is 0 Å². The van der Waals surface area contributed by atoms with Gasteiger partial charge in [0.2, 0.25) is 0 Å². The molecule has 21 heavy (non-hydrogen) atoms. The van der Waals surface area contributed by atoms with Gasteiger partial charge in [0.05, 0.1) is 7.11 Å². The Kier molecular flexibility index (Phi) is 5.69. The standard InChI is InChI=1S/C19H31NO/c1-5-13-20-18(17-7-6-12-19(17,2)3)14-15-8-10-16(21-4)11-9-15/h8-11,17-18,20H,5-7,12-14H2,1-4H3. The van der Waals surface area contributed by atoms with Gasteiger partial charge in [0.15, 0.2) is 0 Å². The van der Waals surface area contributed by atoms with Crippen molar-refractivity contribution in [2.24, 2.45) is 11.3 Å². The van der Waals surface area contributed by atoms with Crippen LogP contribution in [0.5, 0.6) is 5.75 Å². The van der Waals surface area contributed by atoms with E-state index in [1.165, 1.54) is 31.2 Å². The van der Waals surface area contributed by atoms with Crippen molar-refractivity contribution in [1.82, 2.24) is 5.32 Å². The molecule has 1 aliphatic rings. The predicted octanol–water partition coefficient (Wildman–Crippen LogP) is 4.43. The first-order valence-electron chi connectivity index (χ1n) is 8.43. The smallest absolute Gasteiger partial charge is 0.118 e. The summed E-state index contributed by atoms with van der Waals surface area (Å²) in [7, 11) is 1.72. The third-order valence-electron chi connectivity index (χ3n) is 5.10. The van der Waals surface area contributed by atoms with Crippen molar-refractivity contribution in [2.75, 3.05) is 13.7 Å². The maximum Gasteiger partial charge on any atom is 0.118 e. The molecule has 0 radical (unpaired) electrons. The van der Waals surface area contributed by atoms with Crippen molar-refractivity contribution in [1.29, 1.82) is 0 Å². The molecule has 0 heterocycles. The summed E-state index contributed by atoms with van der Waals surface area (Å²) in [6.45, 7) is 8.25. The third kappa shape index (κ3) is 4.23. The third-order valence-corrected chi connectivity index (χ3v) is 5.10. The number of nitrogens with one attached hydrogen (secondary N) is 1. The molecule has 2 unspecified atom stereocenters. The fraction of sp³-hybridized carbons (Fsp3) is 0.684. The van der Waals surface area contributed by atoms with Gasteiger partial charge < -0.3 is 10.1 Å². The normalized spacial score (nSPS) is 22.2. The van der Waals surface area contributed by atoms with E-state index in [4.69, 9.17) is 4.74 Å². The maximum atomic E-state index is 5.26. The first-order valence-corrected chi connectivity index (χ1v) is 8.43. The molecule has 1 N–H and O–H groups in total. The fourth-order valence-corrected chi connectivity index (χ4v) is 3.80. The lowest BCUT2D eigenvalue weighted by Crippen LogP contribution is -2.42. The zero-order valence-electron chi connectivity index (χ0n) is 14.1. The van der Waals surface area contributed by atoms with Gasteiger partial charge in [-0.15, -0.1) is 0 Å². The summed E-state index contributed by atoms with van der Waals surface area (Å²) in [5, 5.41) is 3.81. The number of ether oxygens (including phenoxy) is 1. The lowest BCUT2D eigenvalue weighted by atomic mass is 9.76. The second-order valence-corrected chi connectivity index (χ2v) is 7.10. The van der Waals surface area contributed by atoms with Crippen LogP contribution >= 0.6 is 0 Å². The van der Waals surface area contributed by atoms with Gasteiger partial charge in [-0.2, -0.15) is 0 Å². The summed E-state index contributed by atoms with van der Waals surface area (Å²) in [5.41, 5.74) is 1.88. The Hall–Kier alpha value is -1.02. The predicted molar refractivity (Wildman–Crippen MR) is 89.9 cm³/mol. The molecule has 0 aromatic heterocycles. The average Bonchev–Trinajstić information content (AvgIpc) is 2.83. The van der Waals surface area contributed by atoms with E-state index < -0.39 is 0 Å². The summed E-state index contributed by atoms with van der Waals surface area (Å²) < 4.78 is 5.26. The number of hydrogen-bond acceptors (Lipinski definition) is 2. The molecular formula is C19H31NO. The first-order chi connectivity index (χ1) is 10.1. The Morgan fingerprint density at radius 1 is 1.29 bits per heavy atom. The second kappa shape index (κ2) is 7.31. The van der Waals surface area contributed by atoms with Gasteiger partial charge >= 0.3 is 0 Å². The van der Waals surface area contributed by atoms with Crippen LogP contribution in [0.15, 0.2) is 24.3 Å². The number of rotatable bonds is 7. The van der Waals surface area contributed by atoms with Crippen LogP contribution in [-0.2, 0) is 6.42 Å². The van der Waals surface area contributed by atoms with E-state index in [1.54, 1.807) is 7.11 Å². The molecule has 1 aromatic rings. The molecule has 1 aliphatic carbocycles. The second-order valence-electron chi connectivity index (χ2n) is 7.10. The van der Waals surface area contributed by atoms with E-state index in [2.05, 4.69) is 50.4 Å². The minimum Gasteiger partial charge on any atom is -0.497 e. The molecule has 2 heteroatoms. The lowest BCUT2D eigenvalue weighted by Gasteiger charge is -2.35. The van der Waals surface area contributed by atoms with Crippen LogP contribution in [0.3, 0.4) is 0 Å². The number of methoxy groups -OCH3 is 1. The summed E-state index contributed by atoms with van der Waals surface area (Å²) in [6.07, 6.45) is 6.43. The molecule has 2 rings (SSSR count). The topological polar surface area (TPSA) is 21.3 Å². The molecular weight excluding hydrogens is 258 g/mol. The molecule has 1 aromatic carbocycles. The van der Waals surface area contributed by atoms with Crippen molar-refractivity contribution >= 4 is 0 Å². The van der Waals surface area contributed by atoms with Crippen molar-refractivity contribution < 1.29 is 4.74 Å². The Morgan fingerprint density at radius 2 is 2.00 bits per heavy atom. The highest BCUT2D eigenvalue weighted by atomic mass is 16.5. The van der Waals surface area contributed by atoms with Crippen molar-refractivity contribution in [3.8, 4) is 5.75 Å². The average molecular weight is 289 g/mol. The molecule has 1 fully saturated rings. The van der Waals surface area contributed by atoms with Crippen LogP contribution in [-0.4, -0.2) is 19.7 Å². The van der Waals surface area contributed by atoms with E-state index in [9.17, 15) is 0 Å². The summed E-state index contributed by atoms with van der Waals surface area (Å²) in [4.78, 5) is 0. The Morgan fingerprint density at radius 3 is 2.52 bits per heavy atom. The van der Waals surface area contributed by atoms with E-state index >= 15 is 0 Å². The summed E-state index contributed by atoms with van der Waals surface area (Å²) >= 11 is 0. The zero-order valence-corrected chi connectivity index (χ0v) is 14.1. The molecule has 0 saturated heterocycles. The highest BCUT2D eigenvalue weighted by Crippen LogP contribution is 2.45. The minimum atomic E-state index is 0.470. The van der Waals surface area contributed by atoms with E-state index in [-0.39, 0.29) is 0 Å².